The first-order valence-corrected chi connectivity index (χ1v) is 13.4. The molecule has 1 fully saturated rings. The Bertz CT molecular complexity index is 1150. The topological polar surface area (TPSA) is 66.4 Å². The molecule has 6 heteroatoms. The number of anilines is 1. The van der Waals surface area contributed by atoms with Crippen LogP contribution < -0.4 is 4.90 Å². The lowest BCUT2D eigenvalue weighted by atomic mass is 10.1. The standard InChI is InChI=1S/C30H39N5O/c1-3-26(4-2)35(27-10-6-5-7-11-27)30(36)14-16-34-19-17-33(18-20-34)15-8-9-25-23-32-29-13-12-24(22-31)21-28(25)29/h5-7,10-13,21,23,26,32H,3-4,8-9,14-20H2,1-2H3. The van der Waals surface area contributed by atoms with Crippen molar-refractivity contribution in [2.75, 3.05) is 44.2 Å². The van der Waals surface area contributed by atoms with Crippen molar-refractivity contribution in [3.05, 3.63) is 65.9 Å². The maximum atomic E-state index is 13.3. The van der Waals surface area contributed by atoms with Crippen LogP contribution in [0.15, 0.2) is 54.7 Å². The SMILES string of the molecule is CCC(CC)N(C(=O)CCN1CCN(CCCc2c[nH]c3ccc(C#N)cc23)CC1)c1ccccc1. The smallest absolute Gasteiger partial charge is 0.228 e. The van der Waals surface area contributed by atoms with E-state index in [9.17, 15) is 10.1 Å². The summed E-state index contributed by atoms with van der Waals surface area (Å²) in [6.07, 6.45) is 6.69. The van der Waals surface area contributed by atoms with Gasteiger partial charge in [-0.3, -0.25) is 4.79 Å². The van der Waals surface area contributed by atoms with Gasteiger partial charge in [-0.1, -0.05) is 32.0 Å². The number of fused-ring (bicyclic) bond motifs is 1. The van der Waals surface area contributed by atoms with Gasteiger partial charge in [0.1, 0.15) is 0 Å². The fourth-order valence-electron chi connectivity index (χ4n) is 5.36. The molecule has 6 nitrogen and oxygen atoms in total. The molecular formula is C30H39N5O. The van der Waals surface area contributed by atoms with E-state index in [1.165, 1.54) is 10.9 Å². The second kappa shape index (κ2) is 12.7. The number of carbonyl (C=O) groups is 1. The van der Waals surface area contributed by atoms with Crippen LogP contribution in [0.3, 0.4) is 0 Å². The molecule has 1 aliphatic rings. The number of aromatic amines is 1. The molecule has 190 valence electrons. The summed E-state index contributed by atoms with van der Waals surface area (Å²) < 4.78 is 0. The van der Waals surface area contributed by atoms with Gasteiger partial charge in [-0.05, 0) is 68.1 Å². The number of H-pyrrole nitrogens is 1. The van der Waals surface area contributed by atoms with Crippen LogP contribution in [0.25, 0.3) is 10.9 Å². The second-order valence-electron chi connectivity index (χ2n) is 9.79. The minimum atomic E-state index is 0.232. The number of benzene rings is 2. The van der Waals surface area contributed by atoms with Crippen molar-refractivity contribution >= 4 is 22.5 Å². The number of para-hydroxylation sites is 1. The molecule has 1 aromatic heterocycles. The van der Waals surface area contributed by atoms with Gasteiger partial charge in [0.15, 0.2) is 0 Å². The third kappa shape index (κ3) is 6.34. The van der Waals surface area contributed by atoms with Gasteiger partial charge in [0.25, 0.3) is 0 Å². The molecule has 0 saturated carbocycles. The summed E-state index contributed by atoms with van der Waals surface area (Å²) in [6, 6.07) is 18.5. The highest BCUT2D eigenvalue weighted by Gasteiger charge is 2.24. The normalized spacial score (nSPS) is 14.8. The zero-order valence-corrected chi connectivity index (χ0v) is 21.7. The molecule has 0 unspecified atom stereocenters. The van der Waals surface area contributed by atoms with Gasteiger partial charge in [0.05, 0.1) is 11.6 Å². The van der Waals surface area contributed by atoms with Crippen LogP contribution in [0, 0.1) is 11.3 Å². The van der Waals surface area contributed by atoms with Gasteiger partial charge in [-0.2, -0.15) is 5.26 Å². The van der Waals surface area contributed by atoms with Gasteiger partial charge in [0, 0.05) is 68.0 Å². The van der Waals surface area contributed by atoms with E-state index in [4.69, 9.17) is 0 Å². The van der Waals surface area contributed by atoms with Crippen molar-refractivity contribution in [1.82, 2.24) is 14.8 Å². The Balaban J connectivity index is 1.22. The molecule has 1 saturated heterocycles. The molecule has 2 heterocycles. The lowest BCUT2D eigenvalue weighted by molar-refractivity contribution is -0.119. The number of hydrogen-bond donors (Lipinski definition) is 1. The van der Waals surface area contributed by atoms with Gasteiger partial charge in [0.2, 0.25) is 5.91 Å². The largest absolute Gasteiger partial charge is 0.361 e. The van der Waals surface area contributed by atoms with Crippen molar-refractivity contribution in [2.45, 2.75) is 52.0 Å². The van der Waals surface area contributed by atoms with Gasteiger partial charge in [-0.15, -0.1) is 0 Å². The van der Waals surface area contributed by atoms with E-state index < -0.39 is 0 Å². The van der Waals surface area contributed by atoms with Crippen LogP contribution >= 0.6 is 0 Å². The van der Waals surface area contributed by atoms with Crippen LogP contribution in [0.1, 0.15) is 50.7 Å². The number of hydrogen-bond acceptors (Lipinski definition) is 4. The first-order valence-electron chi connectivity index (χ1n) is 13.4. The Morgan fingerprint density at radius 1 is 1.03 bits per heavy atom. The Hall–Kier alpha value is -3.14. The lowest BCUT2D eigenvalue weighted by Gasteiger charge is -2.35. The highest BCUT2D eigenvalue weighted by atomic mass is 16.2. The second-order valence-corrected chi connectivity index (χ2v) is 9.79. The third-order valence-electron chi connectivity index (χ3n) is 7.53. The molecule has 3 aromatic rings. The van der Waals surface area contributed by atoms with E-state index in [1.54, 1.807) is 0 Å². The van der Waals surface area contributed by atoms with Crippen LogP contribution in [-0.2, 0) is 11.2 Å². The molecule has 4 rings (SSSR count). The quantitative estimate of drug-likeness (QED) is 0.405. The summed E-state index contributed by atoms with van der Waals surface area (Å²) in [5.74, 6) is 0.232. The van der Waals surface area contributed by atoms with E-state index >= 15 is 0 Å². The van der Waals surface area contributed by atoms with Crippen LogP contribution in [0.5, 0.6) is 0 Å². The number of aryl methyl sites for hydroxylation is 1. The molecule has 0 radical (unpaired) electrons. The molecule has 0 spiro atoms. The van der Waals surface area contributed by atoms with E-state index in [0.717, 1.165) is 76.2 Å². The van der Waals surface area contributed by atoms with Gasteiger partial charge >= 0.3 is 0 Å². The fraction of sp³-hybridized carbons (Fsp3) is 0.467. The summed E-state index contributed by atoms with van der Waals surface area (Å²) >= 11 is 0. The number of aromatic nitrogens is 1. The number of rotatable bonds is 11. The third-order valence-corrected chi connectivity index (χ3v) is 7.53. The van der Waals surface area contributed by atoms with E-state index in [2.05, 4.69) is 40.9 Å². The van der Waals surface area contributed by atoms with Crippen molar-refractivity contribution in [1.29, 1.82) is 5.26 Å². The summed E-state index contributed by atoms with van der Waals surface area (Å²) in [7, 11) is 0. The lowest BCUT2D eigenvalue weighted by Crippen LogP contribution is -2.48. The number of amides is 1. The van der Waals surface area contributed by atoms with Crippen molar-refractivity contribution in [2.24, 2.45) is 0 Å². The maximum absolute atomic E-state index is 13.3. The zero-order chi connectivity index (χ0) is 25.3. The average Bonchev–Trinajstić information content (AvgIpc) is 3.33. The Labute approximate surface area is 215 Å². The molecule has 2 aromatic carbocycles. The zero-order valence-electron chi connectivity index (χ0n) is 21.7. The van der Waals surface area contributed by atoms with Gasteiger partial charge < -0.3 is 19.7 Å². The molecule has 0 atom stereocenters. The number of nitriles is 1. The minimum absolute atomic E-state index is 0.232. The predicted molar refractivity (Wildman–Crippen MR) is 147 cm³/mol. The van der Waals surface area contributed by atoms with Gasteiger partial charge in [-0.25, -0.2) is 0 Å². The molecule has 0 aliphatic carbocycles. The average molecular weight is 486 g/mol. The molecule has 1 N–H and O–H groups in total. The van der Waals surface area contributed by atoms with Crippen LogP contribution in [-0.4, -0.2) is 66.0 Å². The monoisotopic (exact) mass is 485 g/mol. The predicted octanol–water partition coefficient (Wildman–Crippen LogP) is 5.20. The first kappa shape index (κ1) is 25.9. The van der Waals surface area contributed by atoms with Crippen molar-refractivity contribution in [3.8, 4) is 6.07 Å². The molecule has 36 heavy (non-hydrogen) atoms. The van der Waals surface area contributed by atoms with E-state index in [1.807, 2.05) is 53.4 Å². The molecule has 0 bridgehead atoms. The van der Waals surface area contributed by atoms with Crippen LogP contribution in [0.4, 0.5) is 5.69 Å². The molecular weight excluding hydrogens is 446 g/mol. The van der Waals surface area contributed by atoms with Crippen molar-refractivity contribution in [3.63, 3.8) is 0 Å². The fourth-order valence-corrected chi connectivity index (χ4v) is 5.36. The number of piperazine rings is 1. The summed E-state index contributed by atoms with van der Waals surface area (Å²) in [5.41, 5.74) is 4.12. The number of nitrogens with one attached hydrogen (secondary N) is 1. The van der Waals surface area contributed by atoms with Crippen LogP contribution in [0.2, 0.25) is 0 Å². The summed E-state index contributed by atoms with van der Waals surface area (Å²) in [5, 5.41) is 10.4. The Kier molecular flexibility index (Phi) is 9.16. The first-order chi connectivity index (χ1) is 17.6. The molecule has 1 aliphatic heterocycles. The minimum Gasteiger partial charge on any atom is -0.361 e. The number of nitrogens with zero attached hydrogens (tertiary/aromatic N) is 4. The van der Waals surface area contributed by atoms with E-state index in [0.29, 0.717) is 12.0 Å². The number of carbonyl (C=O) groups excluding carboxylic acids is 1. The summed E-state index contributed by atoms with van der Waals surface area (Å²) in [4.78, 5) is 23.6. The van der Waals surface area contributed by atoms with E-state index in [-0.39, 0.29) is 11.9 Å². The highest BCUT2D eigenvalue weighted by Crippen LogP contribution is 2.23. The molecule has 1 amide bonds. The Morgan fingerprint density at radius 2 is 1.72 bits per heavy atom. The van der Waals surface area contributed by atoms with Crippen molar-refractivity contribution < 1.29 is 4.79 Å². The maximum Gasteiger partial charge on any atom is 0.228 e. The highest BCUT2D eigenvalue weighted by molar-refractivity contribution is 5.94. The summed E-state index contributed by atoms with van der Waals surface area (Å²) in [6.45, 7) is 10.4. The Morgan fingerprint density at radius 3 is 2.39 bits per heavy atom.